The molecule has 0 N–H and O–H groups in total. The quantitative estimate of drug-likeness (QED) is 0.706. The lowest BCUT2D eigenvalue weighted by atomic mass is 9.71. The van der Waals surface area contributed by atoms with Crippen molar-refractivity contribution in [2.24, 2.45) is 11.3 Å². The fourth-order valence-corrected chi connectivity index (χ4v) is 5.19. The van der Waals surface area contributed by atoms with E-state index in [-0.39, 0.29) is 11.8 Å². The molecule has 4 heteroatoms. The summed E-state index contributed by atoms with van der Waals surface area (Å²) in [6.45, 7) is 3.50. The maximum atomic E-state index is 13.4. The van der Waals surface area contributed by atoms with Gasteiger partial charge >= 0.3 is 0 Å². The molecule has 0 atom stereocenters. The summed E-state index contributed by atoms with van der Waals surface area (Å²) >= 11 is 0. The van der Waals surface area contributed by atoms with Gasteiger partial charge in [0.1, 0.15) is 0 Å². The number of piperidine rings is 1. The van der Waals surface area contributed by atoms with E-state index in [9.17, 15) is 9.59 Å². The molecule has 1 saturated heterocycles. The largest absolute Gasteiger partial charge is 0.348 e. The van der Waals surface area contributed by atoms with Crippen LogP contribution in [0.4, 0.5) is 0 Å². The topological polar surface area (TPSA) is 40.6 Å². The Labute approximate surface area is 186 Å². The van der Waals surface area contributed by atoms with Gasteiger partial charge in [-0.3, -0.25) is 9.59 Å². The molecule has 2 aliphatic rings. The van der Waals surface area contributed by atoms with Gasteiger partial charge in [-0.1, -0.05) is 55.0 Å². The van der Waals surface area contributed by atoms with Gasteiger partial charge in [0.05, 0.1) is 5.41 Å². The first-order valence-electron chi connectivity index (χ1n) is 11.6. The maximum Gasteiger partial charge on any atom is 0.228 e. The first-order chi connectivity index (χ1) is 14.9. The van der Waals surface area contributed by atoms with Gasteiger partial charge in [0.2, 0.25) is 11.8 Å². The van der Waals surface area contributed by atoms with E-state index < -0.39 is 5.41 Å². The van der Waals surface area contributed by atoms with Crippen LogP contribution in [-0.2, 0) is 16.0 Å². The van der Waals surface area contributed by atoms with Gasteiger partial charge in [0.15, 0.2) is 0 Å². The Morgan fingerprint density at radius 2 is 1.58 bits per heavy atom. The van der Waals surface area contributed by atoms with Crippen molar-refractivity contribution in [1.29, 1.82) is 0 Å². The molecule has 0 spiro atoms. The minimum Gasteiger partial charge on any atom is -0.348 e. The summed E-state index contributed by atoms with van der Waals surface area (Å²) in [5.74, 6) is 0.708. The third-order valence-electron chi connectivity index (χ3n) is 7.33. The lowest BCUT2D eigenvalue weighted by Crippen LogP contribution is -2.52. The number of hydrogen-bond acceptors (Lipinski definition) is 2. The Bertz CT molecular complexity index is 953. The molecular weight excluding hydrogens is 384 g/mol. The Kier molecular flexibility index (Phi) is 6.17. The Balaban J connectivity index is 1.61. The zero-order valence-electron chi connectivity index (χ0n) is 19.1. The highest BCUT2D eigenvalue weighted by Crippen LogP contribution is 2.40. The predicted octanol–water partition coefficient (Wildman–Crippen LogP) is 4.70. The van der Waals surface area contributed by atoms with Crippen LogP contribution in [0.3, 0.4) is 0 Å². The van der Waals surface area contributed by atoms with Crippen LogP contribution in [0.1, 0.15) is 43.2 Å². The van der Waals surface area contributed by atoms with E-state index in [2.05, 4.69) is 55.5 Å². The molecule has 31 heavy (non-hydrogen) atoms. The Hall–Kier alpha value is -2.62. The van der Waals surface area contributed by atoms with Crippen LogP contribution in [0.15, 0.2) is 48.5 Å². The summed E-state index contributed by atoms with van der Waals surface area (Å²) < 4.78 is 0. The van der Waals surface area contributed by atoms with Gasteiger partial charge in [-0.15, -0.1) is 0 Å². The van der Waals surface area contributed by atoms with E-state index in [0.29, 0.717) is 25.4 Å². The third-order valence-corrected chi connectivity index (χ3v) is 7.33. The second-order valence-electron chi connectivity index (χ2n) is 9.58. The van der Waals surface area contributed by atoms with E-state index in [4.69, 9.17) is 0 Å². The summed E-state index contributed by atoms with van der Waals surface area (Å²) in [6.07, 6.45) is 5.39. The van der Waals surface area contributed by atoms with Crippen molar-refractivity contribution in [1.82, 2.24) is 9.80 Å². The van der Waals surface area contributed by atoms with Gasteiger partial charge in [-0.2, -0.15) is 0 Å². The predicted molar refractivity (Wildman–Crippen MR) is 125 cm³/mol. The van der Waals surface area contributed by atoms with E-state index in [1.54, 1.807) is 4.90 Å². The van der Waals surface area contributed by atoms with Gasteiger partial charge in [-0.05, 0) is 61.3 Å². The minimum absolute atomic E-state index is 0.183. The highest BCUT2D eigenvalue weighted by Gasteiger charge is 2.44. The average Bonchev–Trinajstić information content (AvgIpc) is 2.73. The van der Waals surface area contributed by atoms with Crippen LogP contribution >= 0.6 is 0 Å². The molecular formula is C27H34N2O2. The van der Waals surface area contributed by atoms with Crippen molar-refractivity contribution in [2.45, 2.75) is 45.4 Å². The summed E-state index contributed by atoms with van der Waals surface area (Å²) in [4.78, 5) is 29.9. The highest BCUT2D eigenvalue weighted by molar-refractivity contribution is 5.85. The van der Waals surface area contributed by atoms with Gasteiger partial charge in [-0.25, -0.2) is 0 Å². The van der Waals surface area contributed by atoms with E-state index in [1.165, 1.54) is 28.7 Å². The number of amides is 2. The molecule has 0 radical (unpaired) electrons. The molecule has 0 unspecified atom stereocenters. The number of benzene rings is 2. The van der Waals surface area contributed by atoms with E-state index in [1.807, 2.05) is 19.0 Å². The lowest BCUT2D eigenvalue weighted by molar-refractivity contribution is -0.148. The standard InChI is InChI=1S/C27H34N2O2/c1-20-9-4-6-13-23(20)24-14-7-5-10-22(24)19-27(26(31)28(2)3)15-17-29(18-16-27)25(30)21-11-8-12-21/h4-7,9-10,13-14,21H,8,11-12,15-19H2,1-3H3. The van der Waals surface area contributed by atoms with Crippen LogP contribution < -0.4 is 0 Å². The molecule has 164 valence electrons. The van der Waals surface area contributed by atoms with Crippen LogP contribution in [0.25, 0.3) is 11.1 Å². The van der Waals surface area contributed by atoms with Crippen molar-refractivity contribution in [3.8, 4) is 11.1 Å². The highest BCUT2D eigenvalue weighted by atomic mass is 16.2. The van der Waals surface area contributed by atoms with Crippen LogP contribution in [-0.4, -0.2) is 48.8 Å². The van der Waals surface area contributed by atoms with Gasteiger partial charge < -0.3 is 9.80 Å². The molecule has 2 fully saturated rings. The van der Waals surface area contributed by atoms with Crippen molar-refractivity contribution < 1.29 is 9.59 Å². The number of rotatable bonds is 5. The van der Waals surface area contributed by atoms with E-state index in [0.717, 1.165) is 25.7 Å². The number of nitrogens with zero attached hydrogens (tertiary/aromatic N) is 2. The molecule has 1 aliphatic carbocycles. The smallest absolute Gasteiger partial charge is 0.228 e. The summed E-state index contributed by atoms with van der Waals surface area (Å²) in [5.41, 5.74) is 4.43. The molecule has 2 amide bonds. The third kappa shape index (κ3) is 4.26. The molecule has 2 aromatic rings. The minimum atomic E-state index is -0.460. The number of likely N-dealkylation sites (tertiary alicyclic amines) is 1. The molecule has 1 aliphatic heterocycles. The second-order valence-corrected chi connectivity index (χ2v) is 9.58. The monoisotopic (exact) mass is 418 g/mol. The van der Waals surface area contributed by atoms with Crippen molar-refractivity contribution in [2.75, 3.05) is 27.2 Å². The van der Waals surface area contributed by atoms with Crippen molar-refractivity contribution in [3.63, 3.8) is 0 Å². The normalized spacial score (nSPS) is 18.4. The molecule has 1 heterocycles. The first kappa shape index (κ1) is 21.6. The van der Waals surface area contributed by atoms with Crippen molar-refractivity contribution >= 4 is 11.8 Å². The lowest BCUT2D eigenvalue weighted by Gasteiger charge is -2.44. The molecule has 0 aromatic heterocycles. The zero-order valence-corrected chi connectivity index (χ0v) is 19.1. The Morgan fingerprint density at radius 1 is 0.968 bits per heavy atom. The summed E-state index contributed by atoms with van der Waals surface area (Å²) in [5, 5.41) is 0. The van der Waals surface area contributed by atoms with Gasteiger partial charge in [0, 0.05) is 33.1 Å². The zero-order chi connectivity index (χ0) is 22.0. The fraction of sp³-hybridized carbons (Fsp3) is 0.481. The first-order valence-corrected chi connectivity index (χ1v) is 11.6. The van der Waals surface area contributed by atoms with Gasteiger partial charge in [0.25, 0.3) is 0 Å². The fourth-order valence-electron chi connectivity index (χ4n) is 5.19. The molecule has 2 aromatic carbocycles. The maximum absolute atomic E-state index is 13.4. The number of carbonyl (C=O) groups excluding carboxylic acids is 2. The Morgan fingerprint density at radius 3 is 2.16 bits per heavy atom. The molecule has 1 saturated carbocycles. The number of carbonyl (C=O) groups is 2. The van der Waals surface area contributed by atoms with E-state index >= 15 is 0 Å². The summed E-state index contributed by atoms with van der Waals surface area (Å²) in [7, 11) is 3.70. The van der Waals surface area contributed by atoms with Crippen molar-refractivity contribution in [3.05, 3.63) is 59.7 Å². The number of aryl methyl sites for hydroxylation is 1. The SMILES string of the molecule is Cc1ccccc1-c1ccccc1CC1(C(=O)N(C)C)CCN(C(=O)C2CCC2)CC1. The average molecular weight is 419 g/mol. The molecule has 4 rings (SSSR count). The van der Waals surface area contributed by atoms with Crippen LogP contribution in [0.5, 0.6) is 0 Å². The summed E-state index contributed by atoms with van der Waals surface area (Å²) in [6, 6.07) is 16.9. The second kappa shape index (κ2) is 8.86. The van der Waals surface area contributed by atoms with Crippen LogP contribution in [0, 0.1) is 18.3 Å². The molecule has 4 nitrogen and oxygen atoms in total. The van der Waals surface area contributed by atoms with Crippen LogP contribution in [0.2, 0.25) is 0 Å². The molecule has 0 bridgehead atoms. The number of hydrogen-bond donors (Lipinski definition) is 0.